The molecule has 1 saturated carbocycles. The molecular weight excluding hydrogens is 454 g/mol. The van der Waals surface area contributed by atoms with Crippen molar-refractivity contribution in [3.8, 4) is 0 Å². The summed E-state index contributed by atoms with van der Waals surface area (Å²) in [6.45, 7) is 5.78. The summed E-state index contributed by atoms with van der Waals surface area (Å²) >= 11 is 0. The van der Waals surface area contributed by atoms with Crippen molar-refractivity contribution < 1.29 is 0 Å². The number of piperazine rings is 1. The minimum absolute atomic E-state index is 0.226. The fourth-order valence-electron chi connectivity index (χ4n) is 8.34. The Labute approximate surface area is 222 Å². The predicted octanol–water partition coefficient (Wildman–Crippen LogP) is 5.81. The van der Waals surface area contributed by atoms with Crippen LogP contribution in [0.1, 0.15) is 75.2 Å². The van der Waals surface area contributed by atoms with Gasteiger partial charge in [0, 0.05) is 49.8 Å². The summed E-state index contributed by atoms with van der Waals surface area (Å²) in [6, 6.07) is 22.3. The SMILES string of the molecule is CN1CC2CC1CN2Cc1nc2ccccc2n1C1CCN(C2(c3ccccc3)CCCCCC2)CC1. The van der Waals surface area contributed by atoms with Gasteiger partial charge in [0.1, 0.15) is 5.82 Å². The topological polar surface area (TPSA) is 27.5 Å². The van der Waals surface area contributed by atoms with E-state index in [-0.39, 0.29) is 5.54 Å². The van der Waals surface area contributed by atoms with Crippen molar-refractivity contribution in [2.24, 2.45) is 0 Å². The van der Waals surface area contributed by atoms with E-state index >= 15 is 0 Å². The van der Waals surface area contributed by atoms with Gasteiger partial charge >= 0.3 is 0 Å². The fourth-order valence-corrected chi connectivity index (χ4v) is 8.34. The molecule has 0 radical (unpaired) electrons. The van der Waals surface area contributed by atoms with Gasteiger partial charge in [-0.05, 0) is 56.8 Å². The van der Waals surface area contributed by atoms with Crippen LogP contribution >= 0.6 is 0 Å². The zero-order valence-corrected chi connectivity index (χ0v) is 22.6. The third-order valence-corrected chi connectivity index (χ3v) is 10.3. The molecule has 5 heteroatoms. The van der Waals surface area contributed by atoms with Gasteiger partial charge < -0.3 is 9.47 Å². The first-order valence-electron chi connectivity index (χ1n) is 14.9. The van der Waals surface area contributed by atoms with E-state index in [4.69, 9.17) is 4.98 Å². The zero-order chi connectivity index (χ0) is 24.8. The number of nitrogens with zero attached hydrogens (tertiary/aromatic N) is 5. The number of rotatable bonds is 5. The van der Waals surface area contributed by atoms with Crippen LogP contribution in [-0.4, -0.2) is 69.6 Å². The number of hydrogen-bond acceptors (Lipinski definition) is 4. The lowest BCUT2D eigenvalue weighted by molar-refractivity contribution is 0.0351. The lowest BCUT2D eigenvalue weighted by Crippen LogP contribution is -2.50. The Hall–Kier alpha value is -2.21. The van der Waals surface area contributed by atoms with Gasteiger partial charge in [0.2, 0.25) is 0 Å². The van der Waals surface area contributed by atoms with Crippen molar-refractivity contribution in [2.75, 3.05) is 33.2 Å². The molecule has 3 aromatic rings. The Balaban J connectivity index is 1.15. The Morgan fingerprint density at radius 1 is 0.811 bits per heavy atom. The second-order valence-corrected chi connectivity index (χ2v) is 12.3. The second-order valence-electron chi connectivity index (χ2n) is 12.3. The van der Waals surface area contributed by atoms with Gasteiger partial charge in [0.05, 0.1) is 17.6 Å². The highest BCUT2D eigenvalue weighted by Crippen LogP contribution is 2.44. The third kappa shape index (κ3) is 4.24. The number of imidazole rings is 1. The van der Waals surface area contributed by atoms with Gasteiger partial charge in [0.15, 0.2) is 0 Å². The molecule has 3 saturated heterocycles. The maximum absolute atomic E-state index is 5.23. The number of benzene rings is 2. The monoisotopic (exact) mass is 497 g/mol. The van der Waals surface area contributed by atoms with Crippen molar-refractivity contribution in [2.45, 2.75) is 88.0 Å². The lowest BCUT2D eigenvalue weighted by atomic mass is 9.79. The van der Waals surface area contributed by atoms with Crippen LogP contribution in [0.4, 0.5) is 0 Å². The minimum atomic E-state index is 0.226. The molecule has 2 atom stereocenters. The molecule has 2 bridgehead atoms. The molecule has 7 rings (SSSR count). The van der Waals surface area contributed by atoms with Crippen molar-refractivity contribution in [3.05, 3.63) is 66.0 Å². The van der Waals surface area contributed by atoms with Gasteiger partial charge in [-0.2, -0.15) is 0 Å². The molecule has 5 nitrogen and oxygen atoms in total. The van der Waals surface area contributed by atoms with E-state index in [1.807, 2.05) is 0 Å². The van der Waals surface area contributed by atoms with Gasteiger partial charge in [0.25, 0.3) is 0 Å². The van der Waals surface area contributed by atoms with Crippen molar-refractivity contribution in [3.63, 3.8) is 0 Å². The van der Waals surface area contributed by atoms with E-state index in [9.17, 15) is 0 Å². The van der Waals surface area contributed by atoms with Crippen molar-refractivity contribution >= 4 is 11.0 Å². The summed E-state index contributed by atoms with van der Waals surface area (Å²) in [4.78, 5) is 13.4. The number of likely N-dealkylation sites (N-methyl/N-ethyl adjacent to an activating group) is 1. The molecule has 0 amide bonds. The Bertz CT molecular complexity index is 1200. The van der Waals surface area contributed by atoms with Crippen LogP contribution in [-0.2, 0) is 12.1 Å². The van der Waals surface area contributed by atoms with Crippen LogP contribution in [0.3, 0.4) is 0 Å². The standard InChI is InChI=1S/C32H43N5/c1-34-22-28-21-27(34)23-35(28)24-31-33-29-13-7-8-14-30(29)37(31)26-15-19-36(20-16-26)32(17-9-2-3-10-18-32)25-11-5-4-6-12-25/h4-8,11-14,26-28H,2-3,9-10,15-24H2,1H3. The summed E-state index contributed by atoms with van der Waals surface area (Å²) in [5, 5.41) is 0. The third-order valence-electron chi connectivity index (χ3n) is 10.3. The molecule has 4 aliphatic rings. The first kappa shape index (κ1) is 23.9. The molecule has 196 valence electrons. The number of para-hydroxylation sites is 2. The minimum Gasteiger partial charge on any atom is -0.324 e. The molecule has 1 aliphatic carbocycles. The quantitative estimate of drug-likeness (QED) is 0.416. The molecule has 4 heterocycles. The van der Waals surface area contributed by atoms with E-state index in [1.54, 1.807) is 5.56 Å². The summed E-state index contributed by atoms with van der Waals surface area (Å²) in [7, 11) is 2.29. The number of aromatic nitrogens is 2. The normalized spacial score (nSPS) is 27.7. The van der Waals surface area contributed by atoms with Crippen LogP contribution in [0, 0.1) is 0 Å². The fraction of sp³-hybridized carbons (Fsp3) is 0.594. The van der Waals surface area contributed by atoms with Gasteiger partial charge in [-0.15, -0.1) is 0 Å². The Morgan fingerprint density at radius 2 is 1.54 bits per heavy atom. The van der Waals surface area contributed by atoms with Crippen LogP contribution in [0.15, 0.2) is 54.6 Å². The molecule has 0 N–H and O–H groups in total. The smallest absolute Gasteiger partial charge is 0.124 e. The highest BCUT2D eigenvalue weighted by atomic mass is 15.3. The van der Waals surface area contributed by atoms with Gasteiger partial charge in [-0.1, -0.05) is 68.1 Å². The highest BCUT2D eigenvalue weighted by molar-refractivity contribution is 5.76. The number of piperidine rings is 1. The lowest BCUT2D eigenvalue weighted by Gasteiger charge is -2.48. The largest absolute Gasteiger partial charge is 0.324 e. The molecule has 3 aliphatic heterocycles. The van der Waals surface area contributed by atoms with E-state index in [0.717, 1.165) is 12.6 Å². The summed E-state index contributed by atoms with van der Waals surface area (Å²) in [5.74, 6) is 1.29. The second kappa shape index (κ2) is 9.83. The maximum Gasteiger partial charge on any atom is 0.124 e. The highest BCUT2D eigenvalue weighted by Gasteiger charge is 2.43. The van der Waals surface area contributed by atoms with Crippen LogP contribution < -0.4 is 0 Å². The maximum atomic E-state index is 5.23. The molecule has 4 fully saturated rings. The Morgan fingerprint density at radius 3 is 2.24 bits per heavy atom. The first-order chi connectivity index (χ1) is 18.2. The number of hydrogen-bond donors (Lipinski definition) is 0. The summed E-state index contributed by atoms with van der Waals surface area (Å²) in [5.41, 5.74) is 4.29. The first-order valence-corrected chi connectivity index (χ1v) is 14.9. The van der Waals surface area contributed by atoms with Crippen molar-refractivity contribution in [1.29, 1.82) is 0 Å². The number of likely N-dealkylation sites (tertiary alicyclic amines) is 3. The number of fused-ring (bicyclic) bond motifs is 3. The van der Waals surface area contributed by atoms with E-state index in [1.165, 1.54) is 101 Å². The zero-order valence-electron chi connectivity index (χ0n) is 22.6. The summed E-state index contributed by atoms with van der Waals surface area (Å²) < 4.78 is 2.66. The van der Waals surface area contributed by atoms with Gasteiger partial charge in [-0.3, -0.25) is 9.80 Å². The Kier molecular flexibility index (Phi) is 6.34. The van der Waals surface area contributed by atoms with Crippen LogP contribution in [0.2, 0.25) is 0 Å². The molecule has 37 heavy (non-hydrogen) atoms. The van der Waals surface area contributed by atoms with Crippen LogP contribution in [0.5, 0.6) is 0 Å². The van der Waals surface area contributed by atoms with Crippen molar-refractivity contribution in [1.82, 2.24) is 24.3 Å². The van der Waals surface area contributed by atoms with E-state index in [0.29, 0.717) is 12.1 Å². The van der Waals surface area contributed by atoms with Crippen LogP contribution in [0.25, 0.3) is 11.0 Å². The van der Waals surface area contributed by atoms with Gasteiger partial charge in [-0.25, -0.2) is 4.98 Å². The molecular formula is C32H43N5. The molecule has 1 aromatic heterocycles. The molecule has 2 unspecified atom stereocenters. The van der Waals surface area contributed by atoms with E-state index < -0.39 is 0 Å². The predicted molar refractivity (Wildman–Crippen MR) is 151 cm³/mol. The summed E-state index contributed by atoms with van der Waals surface area (Å²) in [6.07, 6.45) is 11.9. The average molecular weight is 498 g/mol. The van der Waals surface area contributed by atoms with E-state index in [2.05, 4.69) is 80.9 Å². The molecule has 0 spiro atoms. The molecule has 2 aromatic carbocycles. The average Bonchev–Trinajstić information content (AvgIpc) is 3.55.